The van der Waals surface area contributed by atoms with Gasteiger partial charge in [0, 0.05) is 56.7 Å². The van der Waals surface area contributed by atoms with E-state index in [-0.39, 0.29) is 21.8 Å². The van der Waals surface area contributed by atoms with Gasteiger partial charge >= 0.3 is 72.7 Å². The molecule has 0 atom stereocenters. The Kier molecular flexibility index (Phi) is 14.2. The molecule has 0 aromatic heterocycles. The maximum absolute atomic E-state index is 11.2. The molecule has 0 amide bonds. The van der Waals surface area contributed by atoms with Crippen molar-refractivity contribution in [2.75, 3.05) is 34.8 Å². The summed E-state index contributed by atoms with van der Waals surface area (Å²) in [6.45, 7) is 0. The van der Waals surface area contributed by atoms with Gasteiger partial charge in [0.05, 0.1) is 11.4 Å². The molecule has 0 aliphatic carbocycles. The molecule has 0 bridgehead atoms. The molecule has 0 N–H and O–H groups in total. The van der Waals surface area contributed by atoms with Crippen molar-refractivity contribution in [1.29, 1.82) is 0 Å². The van der Waals surface area contributed by atoms with Gasteiger partial charge < -0.3 is 9.80 Å². The van der Waals surface area contributed by atoms with E-state index in [1.165, 1.54) is 21.2 Å². The summed E-state index contributed by atoms with van der Waals surface area (Å²) in [7, 11) is 0.383. The Morgan fingerprint density at radius 1 is 0.333 bits per heavy atom. The topological polar surface area (TPSA) is 6.48 Å². The van der Waals surface area contributed by atoms with Crippen LogP contribution in [0.4, 0.5) is 67.9 Å². The monoisotopic (exact) mass is 1110 g/mol. The number of hydrogen-bond acceptors (Lipinski definition) is 2. The minimum atomic E-state index is -11.2. The van der Waals surface area contributed by atoms with Gasteiger partial charge in [-0.25, -0.2) is 0 Å². The molecule has 0 spiro atoms. The van der Waals surface area contributed by atoms with Gasteiger partial charge in [-0.2, -0.15) is 0 Å². The fraction of sp³-hybridized carbons (Fsp3) is 0.0952. The summed E-state index contributed by atoms with van der Waals surface area (Å²) in [5.41, 5.74) is 9.25. The van der Waals surface area contributed by atoms with Gasteiger partial charge in [0.2, 0.25) is 0 Å². The van der Waals surface area contributed by atoms with E-state index in [1.807, 2.05) is 0 Å². The second kappa shape index (κ2) is 17.5. The third-order valence-corrected chi connectivity index (χ3v) is 10.3. The molecular weight excluding hydrogens is 1070 g/mol. The zero-order valence-corrected chi connectivity index (χ0v) is 39.0. The van der Waals surface area contributed by atoms with Crippen molar-refractivity contribution in [2.45, 2.75) is 9.79 Å². The molecule has 0 heterocycles. The molecule has 0 saturated heterocycles. The van der Waals surface area contributed by atoms with Gasteiger partial charge in [0.1, 0.15) is 25.0 Å². The van der Waals surface area contributed by atoms with Gasteiger partial charge in [0.15, 0.2) is 9.79 Å². The molecule has 0 radical (unpaired) electrons. The number of para-hydroxylation sites is 2. The van der Waals surface area contributed by atoms with Crippen molar-refractivity contribution < 1.29 is 33.8 Å². The van der Waals surface area contributed by atoms with E-state index in [9.17, 15) is 33.8 Å². The molecule has 60 heavy (non-hydrogen) atoms. The van der Waals surface area contributed by atoms with E-state index in [0.717, 1.165) is 33.9 Å². The first-order valence-electron chi connectivity index (χ1n) is 17.4. The summed E-state index contributed by atoms with van der Waals surface area (Å²) in [6, 6.07) is 56.6. The third kappa shape index (κ3) is 19.3. The molecule has 2 nitrogen and oxygen atoms in total. The summed E-state index contributed by atoms with van der Waals surface area (Å²) in [6.07, 6.45) is 13.5. The van der Waals surface area contributed by atoms with Gasteiger partial charge in [-0.1, -0.05) is 84.9 Å². The molecule has 0 unspecified atom stereocenters. The van der Waals surface area contributed by atoms with E-state index in [1.54, 1.807) is 0 Å². The van der Waals surface area contributed by atoms with Crippen LogP contribution in [0.25, 0.3) is 12.2 Å². The second-order valence-corrected chi connectivity index (χ2v) is 28.6. The zero-order chi connectivity index (χ0) is 44.7. The number of halogens is 12. The van der Waals surface area contributed by atoms with Gasteiger partial charge in [-0.05, 0) is 83.9 Å². The Morgan fingerprint density at radius 2 is 0.583 bits per heavy atom. The van der Waals surface area contributed by atoms with Crippen LogP contribution in [0.5, 0.6) is 0 Å². The first kappa shape index (κ1) is 48.8. The summed E-state index contributed by atoms with van der Waals surface area (Å²) in [4.78, 5) is 7.39. The second-order valence-electron chi connectivity index (χ2n) is 13.4. The Morgan fingerprint density at radius 3 is 0.850 bits per heavy atom. The van der Waals surface area contributed by atoms with E-state index in [0.29, 0.717) is 0 Å². The fourth-order valence-corrected chi connectivity index (χ4v) is 6.88. The standard InChI is InChI=1S/C42H40N2S2.12FH.2Sb/c1-45(2)41-19-11-17-39(31-41)43(35-13-7-5-8-14-35)37-27-23-33(24-28-37)21-22-34-25-29-38(30-26-34)44(36-15-9-6-10-16-36)40-18-12-20-42(32-40)46(3)4;;;;;;;;;;;;;;/h5-32H,1-4H3;12*1H;;/q+2;;;;;;;;;;;;;2*+5/p-12/b22-21+;;;;;;;;;;;;;;. The Bertz CT molecular complexity index is 2170. The van der Waals surface area contributed by atoms with Crippen LogP contribution in [-0.2, 0) is 21.8 Å². The molecule has 18 heteroatoms. The quantitative estimate of drug-likeness (QED) is 0.0584. The molecule has 6 rings (SSSR count). The van der Waals surface area contributed by atoms with Crippen LogP contribution < -0.4 is 9.80 Å². The van der Waals surface area contributed by atoms with Crippen LogP contribution in [0.15, 0.2) is 168 Å². The van der Waals surface area contributed by atoms with E-state index in [2.05, 4.69) is 205 Å². The molecule has 0 saturated carbocycles. The molecule has 0 aliphatic heterocycles. The average Bonchev–Trinajstić information content (AvgIpc) is 3.14. The van der Waals surface area contributed by atoms with Crippen LogP contribution in [0.1, 0.15) is 11.1 Å². The van der Waals surface area contributed by atoms with Crippen LogP contribution in [-0.4, -0.2) is 64.0 Å². The molecule has 6 aromatic rings. The predicted octanol–water partition coefficient (Wildman–Crippen LogP) is 15.6. The van der Waals surface area contributed by atoms with Crippen molar-refractivity contribution in [3.05, 3.63) is 169 Å². The summed E-state index contributed by atoms with van der Waals surface area (Å²) >= 11 is -22.5. The number of rotatable bonds is 10. The molecule has 324 valence electrons. The van der Waals surface area contributed by atoms with Crippen molar-refractivity contribution in [3.63, 3.8) is 0 Å². The van der Waals surface area contributed by atoms with E-state index < -0.39 is 39.0 Å². The van der Waals surface area contributed by atoms with Gasteiger partial charge in [-0.15, -0.1) is 0 Å². The SMILES string of the molecule is C[S+](C)c1cccc(N(c2ccccc2)c2ccc(/C=C/c3ccc(N(c4ccccc4)c4cccc([S+](C)C)c4)cc3)cc2)c1.[F][Sb-]([F])([F])([F])([F])[F].[F][Sb-]([F])([F])([F])([F])[F]. The van der Waals surface area contributed by atoms with Crippen LogP contribution >= 0.6 is 0 Å². The first-order valence-corrected chi connectivity index (χ1v) is 33.1. The molecule has 6 aromatic carbocycles. The Balaban J connectivity index is 0.000000488. The van der Waals surface area contributed by atoms with Gasteiger partial charge in [-0.3, -0.25) is 0 Å². The number of anilines is 6. The molecule has 0 fully saturated rings. The summed E-state index contributed by atoms with van der Waals surface area (Å²) < 4.78 is 119. The maximum atomic E-state index is 9.93. The summed E-state index contributed by atoms with van der Waals surface area (Å²) in [5.74, 6) is 0. The van der Waals surface area contributed by atoms with Crippen LogP contribution in [0.3, 0.4) is 0 Å². The third-order valence-electron chi connectivity index (χ3n) is 7.89. The van der Waals surface area contributed by atoms with Crippen LogP contribution in [0, 0.1) is 0 Å². The van der Waals surface area contributed by atoms with Crippen molar-refractivity contribution in [1.82, 2.24) is 0 Å². The normalized spacial score (nSPS) is 14.1. The van der Waals surface area contributed by atoms with Crippen molar-refractivity contribution in [2.24, 2.45) is 0 Å². The number of hydrogen-bond donors (Lipinski definition) is 0. The summed E-state index contributed by atoms with van der Waals surface area (Å²) in [5, 5.41) is 0. The average molecular weight is 1110 g/mol. The molecule has 0 aliphatic rings. The van der Waals surface area contributed by atoms with Gasteiger partial charge in [0.25, 0.3) is 0 Å². The Hall–Kier alpha value is -3.84. The number of nitrogens with zero attached hydrogens (tertiary/aromatic N) is 2. The van der Waals surface area contributed by atoms with E-state index in [4.69, 9.17) is 0 Å². The Labute approximate surface area is 351 Å². The van der Waals surface area contributed by atoms with E-state index >= 15 is 0 Å². The first-order chi connectivity index (χ1) is 27.4. The minimum absolute atomic E-state index is 0.192. The predicted molar refractivity (Wildman–Crippen MR) is 231 cm³/mol. The van der Waals surface area contributed by atoms with Crippen LogP contribution in [0.2, 0.25) is 0 Å². The van der Waals surface area contributed by atoms with Crippen molar-refractivity contribution >= 4 is 107 Å². The van der Waals surface area contributed by atoms with Crippen molar-refractivity contribution in [3.8, 4) is 0 Å². The zero-order valence-electron chi connectivity index (χ0n) is 32.3. The molecular formula is C42H40F12N2S2Sb2. The fourth-order valence-electron chi connectivity index (χ4n) is 5.46. The number of benzene rings is 6.